The van der Waals surface area contributed by atoms with Crippen LogP contribution in [0.2, 0.25) is 0 Å². The van der Waals surface area contributed by atoms with Crippen molar-refractivity contribution < 1.29 is 9.47 Å². The predicted octanol–water partition coefficient (Wildman–Crippen LogP) is 4.71. The highest BCUT2D eigenvalue weighted by molar-refractivity contribution is 5.43. The van der Waals surface area contributed by atoms with Gasteiger partial charge < -0.3 is 14.8 Å². The van der Waals surface area contributed by atoms with Gasteiger partial charge in [0, 0.05) is 26.4 Å². The Morgan fingerprint density at radius 1 is 0.821 bits per heavy atom. The van der Waals surface area contributed by atoms with Gasteiger partial charge in [0.05, 0.1) is 12.3 Å². The van der Waals surface area contributed by atoms with E-state index in [4.69, 9.17) is 9.47 Å². The Hall–Kier alpha value is -2.69. The van der Waals surface area contributed by atoms with Gasteiger partial charge >= 0.3 is 0 Å². The lowest BCUT2D eigenvalue weighted by Crippen LogP contribution is -2.13. The van der Waals surface area contributed by atoms with Gasteiger partial charge in [-0.3, -0.25) is 4.98 Å². The summed E-state index contributed by atoms with van der Waals surface area (Å²) in [6, 6.07) is 18.7. The zero-order chi connectivity index (χ0) is 19.8. The first-order valence-corrected chi connectivity index (χ1v) is 9.56. The molecule has 4 nitrogen and oxygen atoms in total. The van der Waals surface area contributed by atoms with Crippen molar-refractivity contribution in [1.82, 2.24) is 10.3 Å². The number of rotatable bonds is 9. The molecular weight excluding hydrogens is 348 g/mol. The minimum absolute atomic E-state index is 0.484. The Morgan fingerprint density at radius 3 is 2.29 bits per heavy atom. The second-order valence-corrected chi connectivity index (χ2v) is 7.03. The van der Waals surface area contributed by atoms with Crippen LogP contribution in [0.1, 0.15) is 33.5 Å². The largest absolute Gasteiger partial charge is 0.487 e. The van der Waals surface area contributed by atoms with Crippen LogP contribution in [-0.4, -0.2) is 12.1 Å². The topological polar surface area (TPSA) is 43.4 Å². The maximum atomic E-state index is 6.02. The first-order chi connectivity index (χ1) is 13.7. The molecule has 3 aromatic rings. The smallest absolute Gasteiger partial charge is 0.130 e. The molecule has 1 aromatic heterocycles. The fraction of sp³-hybridized carbons (Fsp3) is 0.292. The number of benzene rings is 2. The molecule has 0 amide bonds. The van der Waals surface area contributed by atoms with Crippen LogP contribution >= 0.6 is 0 Å². The first-order valence-electron chi connectivity index (χ1n) is 9.56. The van der Waals surface area contributed by atoms with Crippen LogP contribution in [0.4, 0.5) is 0 Å². The summed E-state index contributed by atoms with van der Waals surface area (Å²) in [7, 11) is 1.72. The fourth-order valence-corrected chi connectivity index (χ4v) is 3.35. The van der Waals surface area contributed by atoms with Gasteiger partial charge in [0.25, 0.3) is 0 Å². The summed E-state index contributed by atoms with van der Waals surface area (Å²) >= 11 is 0. The quantitative estimate of drug-likeness (QED) is 0.587. The van der Waals surface area contributed by atoms with Crippen LogP contribution in [0.3, 0.4) is 0 Å². The number of hydrogen-bond donors (Lipinski definition) is 1. The standard InChI is InChI=1S/C24H28N2O2/c1-18-11-22(15-25-14-20-7-6-8-21(13-20)16-27-3)12-19(2)24(18)28-17-23-9-4-5-10-26-23/h4-13,25H,14-17H2,1-3H3. The van der Waals surface area contributed by atoms with Crippen LogP contribution < -0.4 is 10.1 Å². The fourth-order valence-electron chi connectivity index (χ4n) is 3.35. The number of pyridine rings is 1. The lowest BCUT2D eigenvalue weighted by molar-refractivity contribution is 0.185. The normalized spacial score (nSPS) is 10.8. The van der Waals surface area contributed by atoms with Crippen LogP contribution in [0, 0.1) is 13.8 Å². The molecule has 28 heavy (non-hydrogen) atoms. The van der Waals surface area contributed by atoms with Crippen molar-refractivity contribution in [1.29, 1.82) is 0 Å². The number of nitrogens with one attached hydrogen (secondary N) is 1. The molecule has 0 bridgehead atoms. The number of hydrogen-bond acceptors (Lipinski definition) is 4. The van der Waals surface area contributed by atoms with Crippen molar-refractivity contribution >= 4 is 0 Å². The van der Waals surface area contributed by atoms with Crippen molar-refractivity contribution in [3.8, 4) is 5.75 Å². The third-order valence-corrected chi connectivity index (χ3v) is 4.57. The Morgan fingerprint density at radius 2 is 1.57 bits per heavy atom. The number of nitrogens with zero attached hydrogens (tertiary/aromatic N) is 1. The van der Waals surface area contributed by atoms with Crippen molar-refractivity contribution in [3.05, 3.63) is 94.3 Å². The SMILES string of the molecule is COCc1cccc(CNCc2cc(C)c(OCc3ccccn3)c(C)c2)c1. The Balaban J connectivity index is 1.57. The van der Waals surface area contributed by atoms with E-state index in [0.717, 1.165) is 35.7 Å². The van der Waals surface area contributed by atoms with Gasteiger partial charge in [-0.25, -0.2) is 0 Å². The lowest BCUT2D eigenvalue weighted by atomic mass is 10.1. The van der Waals surface area contributed by atoms with Gasteiger partial charge in [0.1, 0.15) is 12.4 Å². The van der Waals surface area contributed by atoms with Gasteiger partial charge in [-0.1, -0.05) is 42.5 Å². The molecular formula is C24H28N2O2. The van der Waals surface area contributed by atoms with Crippen LogP contribution in [-0.2, 0) is 31.0 Å². The molecule has 0 saturated heterocycles. The molecule has 4 heteroatoms. The molecule has 2 aromatic carbocycles. The maximum absolute atomic E-state index is 6.02. The van der Waals surface area contributed by atoms with Gasteiger partial charge in [0.15, 0.2) is 0 Å². The van der Waals surface area contributed by atoms with E-state index in [-0.39, 0.29) is 0 Å². The minimum atomic E-state index is 0.484. The molecule has 3 rings (SSSR count). The second kappa shape index (κ2) is 10.0. The lowest BCUT2D eigenvalue weighted by Gasteiger charge is -2.14. The average molecular weight is 377 g/mol. The number of ether oxygens (including phenoxy) is 2. The number of aryl methyl sites for hydroxylation is 2. The molecule has 0 saturated carbocycles. The second-order valence-electron chi connectivity index (χ2n) is 7.03. The molecule has 1 heterocycles. The molecule has 1 N–H and O–H groups in total. The van der Waals surface area contributed by atoms with Gasteiger partial charge in [0.2, 0.25) is 0 Å². The predicted molar refractivity (Wildman–Crippen MR) is 112 cm³/mol. The third kappa shape index (κ3) is 5.65. The highest BCUT2D eigenvalue weighted by Gasteiger charge is 2.07. The highest BCUT2D eigenvalue weighted by atomic mass is 16.5. The van der Waals surface area contributed by atoms with E-state index >= 15 is 0 Å². The van der Waals surface area contributed by atoms with Gasteiger partial charge in [-0.2, -0.15) is 0 Å². The molecule has 0 unspecified atom stereocenters. The van der Waals surface area contributed by atoms with Crippen molar-refractivity contribution in [2.24, 2.45) is 0 Å². The van der Waals surface area contributed by atoms with E-state index in [1.165, 1.54) is 16.7 Å². The number of aromatic nitrogens is 1. The van der Waals surface area contributed by atoms with Crippen LogP contribution in [0.25, 0.3) is 0 Å². The minimum Gasteiger partial charge on any atom is -0.487 e. The molecule has 0 atom stereocenters. The van der Waals surface area contributed by atoms with Crippen molar-refractivity contribution in [2.75, 3.05) is 7.11 Å². The summed E-state index contributed by atoms with van der Waals surface area (Å²) in [5.74, 6) is 0.946. The van der Waals surface area contributed by atoms with E-state index in [0.29, 0.717) is 13.2 Å². The monoisotopic (exact) mass is 376 g/mol. The van der Waals surface area contributed by atoms with E-state index in [2.05, 4.69) is 60.5 Å². The van der Waals surface area contributed by atoms with Gasteiger partial charge in [-0.15, -0.1) is 0 Å². The Labute approximate surface area is 167 Å². The van der Waals surface area contributed by atoms with Crippen molar-refractivity contribution in [2.45, 2.75) is 40.2 Å². The first kappa shape index (κ1) is 20.1. The summed E-state index contributed by atoms with van der Waals surface area (Å²) in [6.07, 6.45) is 1.79. The van der Waals surface area contributed by atoms with E-state index in [9.17, 15) is 0 Å². The zero-order valence-corrected chi connectivity index (χ0v) is 16.9. The van der Waals surface area contributed by atoms with E-state index in [1.54, 1.807) is 13.3 Å². The summed E-state index contributed by atoms with van der Waals surface area (Å²) in [6.45, 7) is 6.96. The summed E-state index contributed by atoms with van der Waals surface area (Å²) in [5.41, 5.74) is 6.95. The Kier molecular flexibility index (Phi) is 7.18. The van der Waals surface area contributed by atoms with E-state index in [1.807, 2.05) is 18.2 Å². The van der Waals surface area contributed by atoms with Gasteiger partial charge in [-0.05, 0) is 53.8 Å². The third-order valence-electron chi connectivity index (χ3n) is 4.57. The van der Waals surface area contributed by atoms with Crippen LogP contribution in [0.5, 0.6) is 5.75 Å². The average Bonchev–Trinajstić information content (AvgIpc) is 2.69. The molecule has 0 spiro atoms. The molecule has 0 fully saturated rings. The summed E-state index contributed by atoms with van der Waals surface area (Å²) in [5, 5.41) is 3.53. The maximum Gasteiger partial charge on any atom is 0.130 e. The zero-order valence-electron chi connectivity index (χ0n) is 16.9. The Bertz CT molecular complexity index is 871. The summed E-state index contributed by atoms with van der Waals surface area (Å²) < 4.78 is 11.2. The number of methoxy groups -OCH3 is 1. The molecule has 0 aliphatic rings. The molecule has 0 radical (unpaired) electrons. The summed E-state index contributed by atoms with van der Waals surface area (Å²) in [4.78, 5) is 4.31. The van der Waals surface area contributed by atoms with Crippen LogP contribution in [0.15, 0.2) is 60.8 Å². The molecule has 0 aliphatic carbocycles. The molecule has 146 valence electrons. The molecule has 0 aliphatic heterocycles. The van der Waals surface area contributed by atoms with E-state index < -0.39 is 0 Å². The highest BCUT2D eigenvalue weighted by Crippen LogP contribution is 2.25. The van der Waals surface area contributed by atoms with Crippen molar-refractivity contribution in [3.63, 3.8) is 0 Å².